The van der Waals surface area contributed by atoms with Crippen molar-refractivity contribution in [2.45, 2.75) is 5.41 Å². The topological polar surface area (TPSA) is 38.7 Å². The number of hydrogen-bond acceptors (Lipinski definition) is 3. The molecule has 1 aromatic heterocycles. The first-order chi connectivity index (χ1) is 27.3. The monoisotopic (exact) mass is 701 g/mol. The van der Waals surface area contributed by atoms with Gasteiger partial charge in [-0.3, -0.25) is 0 Å². The first-order valence-electron chi connectivity index (χ1n) is 18.7. The lowest BCUT2D eigenvalue weighted by molar-refractivity contribution is 0.768. The summed E-state index contributed by atoms with van der Waals surface area (Å²) in [6.07, 6.45) is 0. The molecular weight excluding hydrogens is 667 g/mol. The summed E-state index contributed by atoms with van der Waals surface area (Å²) in [5.74, 6) is 1.89. The van der Waals surface area contributed by atoms with E-state index >= 15 is 0 Å². The first-order valence-corrected chi connectivity index (χ1v) is 18.7. The molecule has 0 saturated heterocycles. The van der Waals surface area contributed by atoms with Crippen LogP contribution in [0.5, 0.6) is 0 Å². The van der Waals surface area contributed by atoms with Gasteiger partial charge in [-0.2, -0.15) is 0 Å². The maximum atomic E-state index is 5.33. The van der Waals surface area contributed by atoms with Gasteiger partial charge in [0.2, 0.25) is 0 Å². The maximum absolute atomic E-state index is 5.33. The SMILES string of the molecule is c1ccc(-c2ccc(-c3nc(-c4ccccc4)nc(-c4ccc5c(c4)C(c4ccccc4)(c4ccccc4)c4ccccc4-5)n3)c(-c3ccccc3)c2)cc1. The molecule has 0 N–H and O–H groups in total. The summed E-state index contributed by atoms with van der Waals surface area (Å²) in [7, 11) is 0. The molecule has 0 atom stereocenters. The quantitative estimate of drug-likeness (QED) is 0.166. The Morgan fingerprint density at radius 1 is 0.255 bits per heavy atom. The summed E-state index contributed by atoms with van der Waals surface area (Å²) in [5.41, 5.74) is 14.1. The number of benzene rings is 8. The van der Waals surface area contributed by atoms with E-state index in [0.717, 1.165) is 38.9 Å². The van der Waals surface area contributed by atoms with Gasteiger partial charge in [0.15, 0.2) is 17.5 Å². The van der Waals surface area contributed by atoms with E-state index in [9.17, 15) is 0 Å². The highest BCUT2D eigenvalue weighted by Gasteiger charge is 2.46. The van der Waals surface area contributed by atoms with Crippen LogP contribution in [-0.2, 0) is 5.41 Å². The van der Waals surface area contributed by atoms with Gasteiger partial charge in [-0.15, -0.1) is 0 Å². The minimum absolute atomic E-state index is 0.531. The van der Waals surface area contributed by atoms with E-state index in [1.54, 1.807) is 0 Å². The third-order valence-corrected chi connectivity index (χ3v) is 10.8. The van der Waals surface area contributed by atoms with Crippen molar-refractivity contribution >= 4 is 0 Å². The average Bonchev–Trinajstić information content (AvgIpc) is 3.58. The Morgan fingerprint density at radius 2 is 0.709 bits per heavy atom. The average molecular weight is 702 g/mol. The number of rotatable bonds is 7. The van der Waals surface area contributed by atoms with E-state index in [4.69, 9.17) is 15.0 Å². The van der Waals surface area contributed by atoms with Crippen LogP contribution in [-0.4, -0.2) is 15.0 Å². The second kappa shape index (κ2) is 13.6. The summed E-state index contributed by atoms with van der Waals surface area (Å²) in [6.45, 7) is 0. The third kappa shape index (κ3) is 5.57. The molecule has 1 aliphatic carbocycles. The standard InChI is InChI=1S/C52H35N3/c1-6-18-36(19-7-1)39-30-33-45(46(34-39)37-20-8-2-9-21-37)51-54-49(38-22-10-3-11-23-38)53-50(55-51)40-31-32-44-43-28-16-17-29-47(43)52(48(44)35-40,41-24-12-4-13-25-41)42-26-14-5-15-27-42/h1-35H. The van der Waals surface area contributed by atoms with Crippen LogP contribution in [0.25, 0.3) is 67.5 Å². The van der Waals surface area contributed by atoms with Crippen LogP contribution in [0.4, 0.5) is 0 Å². The predicted molar refractivity (Wildman–Crippen MR) is 224 cm³/mol. The molecule has 55 heavy (non-hydrogen) atoms. The molecule has 10 rings (SSSR count). The Bertz CT molecular complexity index is 2740. The summed E-state index contributed by atoms with van der Waals surface area (Å²) in [5, 5.41) is 0. The van der Waals surface area contributed by atoms with Crippen molar-refractivity contribution in [3.8, 4) is 67.5 Å². The molecule has 1 heterocycles. The molecule has 0 amide bonds. The molecule has 0 radical (unpaired) electrons. The fraction of sp³-hybridized carbons (Fsp3) is 0.0192. The van der Waals surface area contributed by atoms with Crippen LogP contribution in [0, 0.1) is 0 Å². The van der Waals surface area contributed by atoms with Crippen molar-refractivity contribution in [1.29, 1.82) is 0 Å². The van der Waals surface area contributed by atoms with Gasteiger partial charge in [-0.05, 0) is 73.8 Å². The Morgan fingerprint density at radius 3 is 1.35 bits per heavy atom. The normalized spacial score (nSPS) is 12.5. The fourth-order valence-electron chi connectivity index (χ4n) is 8.33. The molecule has 0 spiro atoms. The van der Waals surface area contributed by atoms with Gasteiger partial charge in [0.1, 0.15) is 0 Å². The van der Waals surface area contributed by atoms with Gasteiger partial charge in [0.05, 0.1) is 5.41 Å². The highest BCUT2D eigenvalue weighted by Crippen LogP contribution is 2.56. The molecule has 0 saturated carbocycles. The Labute approximate surface area is 321 Å². The van der Waals surface area contributed by atoms with Crippen LogP contribution in [0.3, 0.4) is 0 Å². The Kier molecular flexibility index (Phi) is 8.04. The molecule has 0 unspecified atom stereocenters. The minimum atomic E-state index is -0.531. The van der Waals surface area contributed by atoms with E-state index in [1.807, 2.05) is 18.2 Å². The van der Waals surface area contributed by atoms with Gasteiger partial charge in [-0.25, -0.2) is 15.0 Å². The van der Waals surface area contributed by atoms with Gasteiger partial charge in [0, 0.05) is 16.7 Å². The highest BCUT2D eigenvalue weighted by atomic mass is 15.0. The van der Waals surface area contributed by atoms with E-state index in [2.05, 4.69) is 194 Å². The van der Waals surface area contributed by atoms with Gasteiger partial charge in [-0.1, -0.05) is 194 Å². The Balaban J connectivity index is 1.22. The summed E-state index contributed by atoms with van der Waals surface area (Å²) in [6, 6.07) is 75.2. The zero-order valence-electron chi connectivity index (χ0n) is 30.0. The lowest BCUT2D eigenvalue weighted by Crippen LogP contribution is -2.28. The van der Waals surface area contributed by atoms with Crippen molar-refractivity contribution in [1.82, 2.24) is 15.0 Å². The molecule has 0 aliphatic heterocycles. The van der Waals surface area contributed by atoms with Crippen LogP contribution in [0.1, 0.15) is 22.3 Å². The molecule has 3 heteroatoms. The van der Waals surface area contributed by atoms with Gasteiger partial charge in [0.25, 0.3) is 0 Å². The minimum Gasteiger partial charge on any atom is -0.208 e. The number of fused-ring (bicyclic) bond motifs is 3. The van der Waals surface area contributed by atoms with Crippen LogP contribution < -0.4 is 0 Å². The summed E-state index contributed by atoms with van der Waals surface area (Å²) < 4.78 is 0. The lowest BCUT2D eigenvalue weighted by Gasteiger charge is -2.34. The second-order valence-electron chi connectivity index (χ2n) is 14.0. The zero-order valence-corrected chi connectivity index (χ0v) is 30.0. The molecule has 0 fully saturated rings. The zero-order chi connectivity index (χ0) is 36.6. The molecule has 9 aromatic rings. The fourth-order valence-corrected chi connectivity index (χ4v) is 8.33. The summed E-state index contributed by atoms with van der Waals surface area (Å²) >= 11 is 0. The smallest absolute Gasteiger partial charge is 0.164 e. The summed E-state index contributed by atoms with van der Waals surface area (Å²) in [4.78, 5) is 15.7. The third-order valence-electron chi connectivity index (χ3n) is 10.8. The number of aromatic nitrogens is 3. The number of hydrogen-bond donors (Lipinski definition) is 0. The highest BCUT2D eigenvalue weighted by molar-refractivity contribution is 5.89. The van der Waals surface area contributed by atoms with E-state index in [1.165, 1.54) is 33.4 Å². The molecule has 3 nitrogen and oxygen atoms in total. The molecule has 1 aliphatic rings. The van der Waals surface area contributed by atoms with Crippen molar-refractivity contribution in [3.63, 3.8) is 0 Å². The largest absolute Gasteiger partial charge is 0.208 e. The van der Waals surface area contributed by atoms with Crippen molar-refractivity contribution in [3.05, 3.63) is 235 Å². The van der Waals surface area contributed by atoms with Crippen LogP contribution >= 0.6 is 0 Å². The van der Waals surface area contributed by atoms with E-state index in [-0.39, 0.29) is 0 Å². The first kappa shape index (κ1) is 32.4. The second-order valence-corrected chi connectivity index (χ2v) is 14.0. The van der Waals surface area contributed by atoms with Crippen LogP contribution in [0.2, 0.25) is 0 Å². The van der Waals surface area contributed by atoms with E-state index < -0.39 is 5.41 Å². The predicted octanol–water partition coefficient (Wildman–Crippen LogP) is 12.6. The van der Waals surface area contributed by atoms with E-state index in [0.29, 0.717) is 17.5 Å². The van der Waals surface area contributed by atoms with Gasteiger partial charge < -0.3 is 0 Å². The lowest BCUT2D eigenvalue weighted by atomic mass is 9.67. The van der Waals surface area contributed by atoms with Gasteiger partial charge >= 0.3 is 0 Å². The van der Waals surface area contributed by atoms with Crippen molar-refractivity contribution in [2.75, 3.05) is 0 Å². The molecule has 8 aromatic carbocycles. The number of nitrogens with zero attached hydrogens (tertiary/aromatic N) is 3. The van der Waals surface area contributed by atoms with Crippen molar-refractivity contribution < 1.29 is 0 Å². The molecule has 0 bridgehead atoms. The van der Waals surface area contributed by atoms with Crippen LogP contribution in [0.15, 0.2) is 212 Å². The Hall–Kier alpha value is -7.23. The van der Waals surface area contributed by atoms with Crippen molar-refractivity contribution in [2.24, 2.45) is 0 Å². The molecule has 258 valence electrons. The molecular formula is C52H35N3. The maximum Gasteiger partial charge on any atom is 0.164 e.